The summed E-state index contributed by atoms with van der Waals surface area (Å²) in [4.78, 5) is 4.85. The number of rotatable bonds is 4. The van der Waals surface area contributed by atoms with Crippen molar-refractivity contribution in [1.82, 2.24) is 4.90 Å². The summed E-state index contributed by atoms with van der Waals surface area (Å²) in [5.74, 6) is 0.718. The van der Waals surface area contributed by atoms with Gasteiger partial charge in [0.05, 0.1) is 16.8 Å². The molecule has 1 fully saturated rings. The van der Waals surface area contributed by atoms with Gasteiger partial charge in [-0.2, -0.15) is 0 Å². The average Bonchev–Trinajstić information content (AvgIpc) is 2.39. The van der Waals surface area contributed by atoms with Gasteiger partial charge in [0.2, 0.25) is 0 Å². The molecule has 112 valence electrons. The lowest BCUT2D eigenvalue weighted by molar-refractivity contribution is 0.199. The van der Waals surface area contributed by atoms with Gasteiger partial charge >= 0.3 is 0 Å². The van der Waals surface area contributed by atoms with E-state index in [0.29, 0.717) is 0 Å². The molecule has 1 atom stereocenters. The molecule has 3 nitrogen and oxygen atoms in total. The molecular formula is C16H25ClN2O. The van der Waals surface area contributed by atoms with E-state index in [0.717, 1.165) is 48.4 Å². The van der Waals surface area contributed by atoms with Gasteiger partial charge < -0.3 is 10.0 Å². The van der Waals surface area contributed by atoms with E-state index in [2.05, 4.69) is 23.6 Å². The van der Waals surface area contributed by atoms with E-state index in [1.807, 2.05) is 18.2 Å². The van der Waals surface area contributed by atoms with E-state index in [9.17, 15) is 5.11 Å². The van der Waals surface area contributed by atoms with Gasteiger partial charge in [-0.25, -0.2) is 0 Å². The largest absolute Gasteiger partial charge is 0.389 e. The van der Waals surface area contributed by atoms with Gasteiger partial charge in [-0.15, -0.1) is 0 Å². The van der Waals surface area contributed by atoms with Crippen LogP contribution in [0.5, 0.6) is 0 Å². The average molecular weight is 297 g/mol. The predicted octanol–water partition coefficient (Wildman–Crippen LogP) is 3.17. The van der Waals surface area contributed by atoms with Crippen LogP contribution in [0.4, 0.5) is 5.69 Å². The Bertz CT molecular complexity index is 440. The molecule has 1 saturated heterocycles. The third-order valence-electron chi connectivity index (χ3n) is 3.79. The summed E-state index contributed by atoms with van der Waals surface area (Å²) >= 11 is 6.36. The molecule has 0 aromatic heterocycles. The fraction of sp³-hybridized carbons (Fsp3) is 0.625. The number of hydrogen-bond donors (Lipinski definition) is 1. The summed E-state index contributed by atoms with van der Waals surface area (Å²) in [5.41, 5.74) is 1.96. The van der Waals surface area contributed by atoms with Crippen LogP contribution in [0.2, 0.25) is 5.02 Å². The maximum atomic E-state index is 9.59. The molecule has 0 amide bonds. The summed E-state index contributed by atoms with van der Waals surface area (Å²) in [6, 6.07) is 5.87. The number of piperazine rings is 1. The minimum atomic E-state index is -0.468. The monoisotopic (exact) mass is 296 g/mol. The van der Waals surface area contributed by atoms with Crippen LogP contribution in [0.1, 0.15) is 32.4 Å². The van der Waals surface area contributed by atoms with E-state index >= 15 is 0 Å². The molecule has 1 heterocycles. The predicted molar refractivity (Wildman–Crippen MR) is 85.6 cm³/mol. The van der Waals surface area contributed by atoms with Gasteiger partial charge in [-0.05, 0) is 30.5 Å². The summed E-state index contributed by atoms with van der Waals surface area (Å²) in [5, 5.41) is 10.3. The third-order valence-corrected chi connectivity index (χ3v) is 4.09. The van der Waals surface area contributed by atoms with E-state index in [1.54, 1.807) is 6.92 Å². The first-order valence-electron chi connectivity index (χ1n) is 7.42. The molecule has 2 rings (SSSR count). The second kappa shape index (κ2) is 6.79. The topological polar surface area (TPSA) is 26.7 Å². The summed E-state index contributed by atoms with van der Waals surface area (Å²) in [6.45, 7) is 11.7. The SMILES string of the molecule is CC(C)CN1CCN(c2ccc([C@@H](C)O)cc2Cl)CC1. The Labute approximate surface area is 127 Å². The van der Waals surface area contributed by atoms with Crippen LogP contribution in [0, 0.1) is 5.92 Å². The van der Waals surface area contributed by atoms with Crippen molar-refractivity contribution in [1.29, 1.82) is 0 Å². The Hall–Kier alpha value is -0.770. The third kappa shape index (κ3) is 3.87. The second-order valence-corrected chi connectivity index (χ2v) is 6.48. The first-order valence-corrected chi connectivity index (χ1v) is 7.80. The zero-order valence-electron chi connectivity index (χ0n) is 12.6. The number of aliphatic hydroxyl groups excluding tert-OH is 1. The summed E-state index contributed by atoms with van der Waals surface area (Å²) < 4.78 is 0. The zero-order chi connectivity index (χ0) is 14.7. The molecule has 0 aliphatic carbocycles. The molecule has 0 bridgehead atoms. The van der Waals surface area contributed by atoms with Crippen LogP contribution < -0.4 is 4.90 Å². The highest BCUT2D eigenvalue weighted by atomic mass is 35.5. The smallest absolute Gasteiger partial charge is 0.0762 e. The molecule has 1 aromatic rings. The van der Waals surface area contributed by atoms with Crippen molar-refractivity contribution in [2.75, 3.05) is 37.6 Å². The van der Waals surface area contributed by atoms with Gasteiger partial charge in [0, 0.05) is 32.7 Å². The highest BCUT2D eigenvalue weighted by molar-refractivity contribution is 6.33. The molecular weight excluding hydrogens is 272 g/mol. The maximum Gasteiger partial charge on any atom is 0.0762 e. The summed E-state index contributed by atoms with van der Waals surface area (Å²) in [6.07, 6.45) is -0.468. The lowest BCUT2D eigenvalue weighted by Crippen LogP contribution is -2.47. The number of halogens is 1. The van der Waals surface area contributed by atoms with Crippen molar-refractivity contribution in [2.24, 2.45) is 5.92 Å². The highest BCUT2D eigenvalue weighted by Gasteiger charge is 2.19. The van der Waals surface area contributed by atoms with Crippen molar-refractivity contribution in [3.8, 4) is 0 Å². The Morgan fingerprint density at radius 2 is 1.80 bits per heavy atom. The fourth-order valence-corrected chi connectivity index (χ4v) is 3.04. The minimum Gasteiger partial charge on any atom is -0.389 e. The van der Waals surface area contributed by atoms with Gasteiger partial charge in [-0.1, -0.05) is 31.5 Å². The Kier molecular flexibility index (Phi) is 5.30. The van der Waals surface area contributed by atoms with Crippen LogP contribution in [0.3, 0.4) is 0 Å². The number of benzene rings is 1. The van der Waals surface area contributed by atoms with E-state index in [1.165, 1.54) is 6.54 Å². The first-order chi connectivity index (χ1) is 9.47. The van der Waals surface area contributed by atoms with Crippen molar-refractivity contribution < 1.29 is 5.11 Å². The molecule has 1 aromatic carbocycles. The van der Waals surface area contributed by atoms with E-state index < -0.39 is 6.10 Å². The Morgan fingerprint density at radius 3 is 2.30 bits per heavy atom. The van der Waals surface area contributed by atoms with Crippen LogP contribution in [0.25, 0.3) is 0 Å². The van der Waals surface area contributed by atoms with Crippen molar-refractivity contribution in [2.45, 2.75) is 26.9 Å². The standard InChI is InChI=1S/C16H25ClN2O/c1-12(2)11-18-6-8-19(9-7-18)16-5-4-14(13(3)20)10-15(16)17/h4-5,10,12-13,20H,6-9,11H2,1-3H3/t13-/m1/s1. The van der Waals surface area contributed by atoms with Crippen molar-refractivity contribution in [3.63, 3.8) is 0 Å². The van der Waals surface area contributed by atoms with Gasteiger partial charge in [0.25, 0.3) is 0 Å². The zero-order valence-corrected chi connectivity index (χ0v) is 13.4. The Morgan fingerprint density at radius 1 is 1.15 bits per heavy atom. The van der Waals surface area contributed by atoms with Crippen LogP contribution >= 0.6 is 11.6 Å². The summed E-state index contributed by atoms with van der Waals surface area (Å²) in [7, 11) is 0. The molecule has 20 heavy (non-hydrogen) atoms. The lowest BCUT2D eigenvalue weighted by Gasteiger charge is -2.37. The molecule has 1 N–H and O–H groups in total. The number of nitrogens with zero attached hydrogens (tertiary/aromatic N) is 2. The molecule has 1 aliphatic heterocycles. The number of aliphatic hydroxyl groups is 1. The van der Waals surface area contributed by atoms with E-state index in [4.69, 9.17) is 11.6 Å². The van der Waals surface area contributed by atoms with Crippen molar-refractivity contribution in [3.05, 3.63) is 28.8 Å². The first kappa shape index (κ1) is 15.6. The molecule has 0 unspecified atom stereocenters. The number of hydrogen-bond acceptors (Lipinski definition) is 3. The lowest BCUT2D eigenvalue weighted by atomic mass is 10.1. The quantitative estimate of drug-likeness (QED) is 0.924. The molecule has 0 radical (unpaired) electrons. The molecule has 1 aliphatic rings. The van der Waals surface area contributed by atoms with Crippen molar-refractivity contribution >= 4 is 17.3 Å². The second-order valence-electron chi connectivity index (χ2n) is 6.07. The van der Waals surface area contributed by atoms with Gasteiger partial charge in [0.15, 0.2) is 0 Å². The minimum absolute atomic E-state index is 0.468. The normalized spacial score (nSPS) is 18.6. The fourth-order valence-electron chi connectivity index (χ4n) is 2.73. The molecule has 0 saturated carbocycles. The molecule has 4 heteroatoms. The Balaban J connectivity index is 2.00. The van der Waals surface area contributed by atoms with Crippen LogP contribution in [-0.4, -0.2) is 42.7 Å². The van der Waals surface area contributed by atoms with Crippen LogP contribution in [-0.2, 0) is 0 Å². The van der Waals surface area contributed by atoms with Gasteiger partial charge in [0.1, 0.15) is 0 Å². The van der Waals surface area contributed by atoms with E-state index in [-0.39, 0.29) is 0 Å². The molecule has 0 spiro atoms. The number of anilines is 1. The van der Waals surface area contributed by atoms with Gasteiger partial charge in [-0.3, -0.25) is 4.90 Å². The maximum absolute atomic E-state index is 9.59. The highest BCUT2D eigenvalue weighted by Crippen LogP contribution is 2.29. The van der Waals surface area contributed by atoms with Crippen LogP contribution in [0.15, 0.2) is 18.2 Å².